The van der Waals surface area contributed by atoms with Crippen molar-refractivity contribution in [2.45, 2.75) is 13.3 Å². The van der Waals surface area contributed by atoms with Crippen LogP contribution in [-0.2, 0) is 6.42 Å². The van der Waals surface area contributed by atoms with Gasteiger partial charge in [-0.05, 0) is 42.7 Å². The predicted molar refractivity (Wildman–Crippen MR) is 81.1 cm³/mol. The number of hydrogen-bond donors (Lipinski definition) is 1. The van der Waals surface area contributed by atoms with Gasteiger partial charge in [0.05, 0.1) is 11.1 Å². The lowest BCUT2D eigenvalue weighted by molar-refractivity contribution is 0.0656. The molecule has 0 radical (unpaired) electrons. The van der Waals surface area contributed by atoms with Crippen LogP contribution in [-0.4, -0.2) is 23.3 Å². The third kappa shape index (κ3) is 2.29. The number of aryl methyl sites for hydroxylation is 1. The van der Waals surface area contributed by atoms with E-state index in [2.05, 4.69) is 0 Å². The number of nitrogen functional groups attached to an aromatic ring is 1. The van der Waals surface area contributed by atoms with Crippen LogP contribution in [0.2, 0.25) is 0 Å². The van der Waals surface area contributed by atoms with Crippen molar-refractivity contribution in [2.75, 3.05) is 12.3 Å². The van der Waals surface area contributed by atoms with Gasteiger partial charge in [0, 0.05) is 12.2 Å². The lowest BCUT2D eigenvalue weighted by Crippen LogP contribution is -2.31. The molecule has 0 fully saturated rings. The summed E-state index contributed by atoms with van der Waals surface area (Å²) in [6.07, 6.45) is 0.660. The van der Waals surface area contributed by atoms with Gasteiger partial charge < -0.3 is 5.73 Å². The van der Waals surface area contributed by atoms with E-state index in [0.717, 1.165) is 5.56 Å². The van der Waals surface area contributed by atoms with Crippen LogP contribution in [0.15, 0.2) is 42.5 Å². The van der Waals surface area contributed by atoms with Crippen LogP contribution in [0.3, 0.4) is 0 Å². The lowest BCUT2D eigenvalue weighted by atomic mass is 10.1. The minimum atomic E-state index is -0.254. The lowest BCUT2D eigenvalue weighted by Gasteiger charge is -2.14. The Labute approximate surface area is 123 Å². The molecule has 21 heavy (non-hydrogen) atoms. The van der Waals surface area contributed by atoms with E-state index in [4.69, 9.17) is 5.73 Å². The highest BCUT2D eigenvalue weighted by Gasteiger charge is 2.35. The number of rotatable bonds is 3. The van der Waals surface area contributed by atoms with E-state index < -0.39 is 0 Å². The van der Waals surface area contributed by atoms with Crippen molar-refractivity contribution in [3.63, 3.8) is 0 Å². The Balaban J connectivity index is 1.81. The second kappa shape index (κ2) is 5.05. The maximum absolute atomic E-state index is 12.3. The van der Waals surface area contributed by atoms with Gasteiger partial charge in [-0.3, -0.25) is 14.5 Å². The first-order valence-electron chi connectivity index (χ1n) is 6.88. The summed E-state index contributed by atoms with van der Waals surface area (Å²) in [5.74, 6) is -0.487. The van der Waals surface area contributed by atoms with Crippen molar-refractivity contribution in [1.29, 1.82) is 0 Å². The smallest absolute Gasteiger partial charge is 0.261 e. The zero-order chi connectivity index (χ0) is 15.0. The van der Waals surface area contributed by atoms with Gasteiger partial charge in [0.2, 0.25) is 0 Å². The molecule has 0 spiro atoms. The first-order chi connectivity index (χ1) is 10.1. The van der Waals surface area contributed by atoms with Crippen LogP contribution in [0.1, 0.15) is 31.8 Å². The summed E-state index contributed by atoms with van der Waals surface area (Å²) in [6.45, 7) is 2.41. The molecule has 0 bridgehead atoms. The number of imide groups is 1. The summed E-state index contributed by atoms with van der Waals surface area (Å²) in [7, 11) is 0. The Bertz CT molecular complexity index is 737. The Hall–Kier alpha value is -2.62. The van der Waals surface area contributed by atoms with Crippen molar-refractivity contribution in [3.05, 3.63) is 64.7 Å². The highest BCUT2D eigenvalue weighted by atomic mass is 16.2. The van der Waals surface area contributed by atoms with Gasteiger partial charge in [-0.15, -0.1) is 0 Å². The van der Waals surface area contributed by atoms with Crippen molar-refractivity contribution in [2.24, 2.45) is 0 Å². The van der Waals surface area contributed by atoms with Crippen molar-refractivity contribution in [3.8, 4) is 0 Å². The minimum absolute atomic E-state index is 0.233. The molecule has 0 aromatic heterocycles. The number of fused-ring (bicyclic) bond motifs is 1. The van der Waals surface area contributed by atoms with E-state index in [1.165, 1.54) is 10.5 Å². The molecule has 1 heterocycles. The summed E-state index contributed by atoms with van der Waals surface area (Å²) in [5, 5.41) is 0. The van der Waals surface area contributed by atoms with Gasteiger partial charge in [0.25, 0.3) is 11.8 Å². The van der Waals surface area contributed by atoms with Crippen molar-refractivity contribution >= 4 is 17.5 Å². The SMILES string of the molecule is Cc1ccccc1CCN1C(=O)c2ccc(N)cc2C1=O. The van der Waals surface area contributed by atoms with Gasteiger partial charge in [0.1, 0.15) is 0 Å². The van der Waals surface area contributed by atoms with Crippen LogP contribution in [0.25, 0.3) is 0 Å². The molecule has 1 aliphatic rings. The summed E-state index contributed by atoms with van der Waals surface area (Å²) >= 11 is 0. The average Bonchev–Trinajstić information content (AvgIpc) is 2.70. The molecule has 0 unspecified atom stereocenters. The fourth-order valence-electron chi connectivity index (χ4n) is 2.63. The standard InChI is InChI=1S/C17H16N2O2/c1-11-4-2-3-5-12(11)8-9-19-16(20)14-7-6-13(18)10-15(14)17(19)21/h2-7,10H,8-9,18H2,1H3. The van der Waals surface area contributed by atoms with E-state index in [-0.39, 0.29) is 11.8 Å². The third-order valence-electron chi connectivity index (χ3n) is 3.86. The molecule has 3 rings (SSSR count). The molecular weight excluding hydrogens is 264 g/mol. The maximum Gasteiger partial charge on any atom is 0.261 e. The van der Waals surface area contributed by atoms with Crippen LogP contribution in [0.4, 0.5) is 5.69 Å². The van der Waals surface area contributed by atoms with E-state index in [1.807, 2.05) is 31.2 Å². The van der Waals surface area contributed by atoms with E-state index in [9.17, 15) is 9.59 Å². The van der Waals surface area contributed by atoms with E-state index >= 15 is 0 Å². The zero-order valence-corrected chi connectivity index (χ0v) is 11.8. The highest BCUT2D eigenvalue weighted by molar-refractivity contribution is 6.21. The summed E-state index contributed by atoms with van der Waals surface area (Å²) in [4.78, 5) is 25.9. The topological polar surface area (TPSA) is 63.4 Å². The van der Waals surface area contributed by atoms with Gasteiger partial charge >= 0.3 is 0 Å². The molecule has 2 aromatic rings. The molecular formula is C17H16N2O2. The normalized spacial score (nSPS) is 13.7. The van der Waals surface area contributed by atoms with Crippen LogP contribution in [0, 0.1) is 6.92 Å². The quantitative estimate of drug-likeness (QED) is 0.693. The number of hydrogen-bond acceptors (Lipinski definition) is 3. The largest absolute Gasteiger partial charge is 0.399 e. The van der Waals surface area contributed by atoms with Gasteiger partial charge in [-0.25, -0.2) is 0 Å². The van der Waals surface area contributed by atoms with E-state index in [1.54, 1.807) is 18.2 Å². The number of nitrogens with zero attached hydrogens (tertiary/aromatic N) is 1. The Morgan fingerprint density at radius 1 is 1.00 bits per heavy atom. The van der Waals surface area contributed by atoms with Crippen LogP contribution in [0.5, 0.6) is 0 Å². The molecule has 1 aliphatic heterocycles. The molecule has 2 aromatic carbocycles. The summed E-state index contributed by atoms with van der Waals surface area (Å²) in [5.41, 5.74) is 9.35. The fourth-order valence-corrected chi connectivity index (χ4v) is 2.63. The molecule has 0 saturated heterocycles. The summed E-state index contributed by atoms with van der Waals surface area (Å²) < 4.78 is 0. The van der Waals surface area contributed by atoms with Gasteiger partial charge in [-0.1, -0.05) is 24.3 Å². The molecule has 4 nitrogen and oxygen atoms in total. The first-order valence-corrected chi connectivity index (χ1v) is 6.88. The summed E-state index contributed by atoms with van der Waals surface area (Å²) in [6, 6.07) is 12.8. The average molecular weight is 280 g/mol. The molecule has 0 saturated carbocycles. The number of nitrogens with two attached hydrogens (primary N) is 1. The second-order valence-corrected chi connectivity index (χ2v) is 5.24. The zero-order valence-electron chi connectivity index (χ0n) is 11.8. The molecule has 4 heteroatoms. The Morgan fingerprint density at radius 3 is 2.48 bits per heavy atom. The van der Waals surface area contributed by atoms with Gasteiger partial charge in [-0.2, -0.15) is 0 Å². The molecule has 106 valence electrons. The minimum Gasteiger partial charge on any atom is -0.399 e. The highest BCUT2D eigenvalue weighted by Crippen LogP contribution is 2.25. The number of benzene rings is 2. The Kier molecular flexibility index (Phi) is 3.22. The molecule has 2 N–H and O–H groups in total. The molecule has 2 amide bonds. The van der Waals surface area contributed by atoms with E-state index in [0.29, 0.717) is 29.8 Å². The monoisotopic (exact) mass is 280 g/mol. The number of carbonyl (C=O) groups excluding carboxylic acids is 2. The number of anilines is 1. The first kappa shape index (κ1) is 13.4. The molecule has 0 atom stereocenters. The second-order valence-electron chi connectivity index (χ2n) is 5.24. The van der Waals surface area contributed by atoms with Crippen LogP contribution >= 0.6 is 0 Å². The maximum atomic E-state index is 12.3. The number of carbonyl (C=O) groups is 2. The van der Waals surface area contributed by atoms with Crippen LogP contribution < -0.4 is 5.73 Å². The number of amides is 2. The van der Waals surface area contributed by atoms with Crippen molar-refractivity contribution < 1.29 is 9.59 Å². The van der Waals surface area contributed by atoms with Gasteiger partial charge in [0.15, 0.2) is 0 Å². The fraction of sp³-hybridized carbons (Fsp3) is 0.176. The predicted octanol–water partition coefficient (Wildman–Crippen LogP) is 2.42. The van der Waals surface area contributed by atoms with Crippen molar-refractivity contribution in [1.82, 2.24) is 4.90 Å². The Morgan fingerprint density at radius 2 is 1.71 bits per heavy atom. The molecule has 0 aliphatic carbocycles. The third-order valence-corrected chi connectivity index (χ3v) is 3.86.